The number of likely N-dealkylation sites (N-methyl/N-ethyl adjacent to an activating group) is 1. The van der Waals surface area contributed by atoms with Crippen molar-refractivity contribution in [1.29, 1.82) is 0 Å². The molecule has 0 aromatic carbocycles. The van der Waals surface area contributed by atoms with Crippen LogP contribution in [0, 0.1) is 0 Å². The lowest BCUT2D eigenvalue weighted by Crippen LogP contribution is -2.27. The van der Waals surface area contributed by atoms with Gasteiger partial charge in [-0.25, -0.2) is 0 Å². The Bertz CT molecular complexity index is 165. The highest BCUT2D eigenvalue weighted by Gasteiger charge is 2.09. The molecule has 0 N–H and O–H groups in total. The van der Waals surface area contributed by atoms with E-state index in [0.29, 0.717) is 0 Å². The van der Waals surface area contributed by atoms with Gasteiger partial charge in [0.25, 0.3) is 0 Å². The monoisotopic (exact) mass is 183 g/mol. The lowest BCUT2D eigenvalue weighted by atomic mass is 10.0. The quantitative estimate of drug-likeness (QED) is 0.649. The van der Waals surface area contributed by atoms with Crippen LogP contribution >= 0.6 is 0 Å². The Kier molecular flexibility index (Phi) is 4.91. The second-order valence-electron chi connectivity index (χ2n) is 3.51. The van der Waals surface area contributed by atoms with Crippen LogP contribution in [0.15, 0.2) is 11.8 Å². The minimum Gasteiger partial charge on any atom is -0.383 e. The number of rotatable bonds is 5. The molecule has 0 aliphatic heterocycles. The molecule has 0 saturated heterocycles. The zero-order valence-electron chi connectivity index (χ0n) is 8.88. The molecule has 0 fully saturated rings. The molecule has 0 bridgehead atoms. The van der Waals surface area contributed by atoms with Crippen molar-refractivity contribution in [2.45, 2.75) is 32.6 Å². The average Bonchev–Trinajstić information content (AvgIpc) is 2.21. The van der Waals surface area contributed by atoms with E-state index < -0.39 is 0 Å². The van der Waals surface area contributed by atoms with E-state index in [1.54, 1.807) is 7.11 Å². The molecule has 0 amide bonds. The van der Waals surface area contributed by atoms with Crippen LogP contribution in [0.1, 0.15) is 32.6 Å². The van der Waals surface area contributed by atoms with E-state index in [9.17, 15) is 0 Å². The Hall–Kier alpha value is -0.500. The third-order valence-electron chi connectivity index (χ3n) is 2.62. The smallest absolute Gasteiger partial charge is 0.0637 e. The summed E-state index contributed by atoms with van der Waals surface area (Å²) in [7, 11) is 1.77. The number of methoxy groups -OCH3 is 1. The van der Waals surface area contributed by atoms with Gasteiger partial charge < -0.3 is 9.64 Å². The van der Waals surface area contributed by atoms with Crippen molar-refractivity contribution in [2.75, 3.05) is 26.8 Å². The topological polar surface area (TPSA) is 12.5 Å². The van der Waals surface area contributed by atoms with Gasteiger partial charge in [0.05, 0.1) is 6.61 Å². The fraction of sp³-hybridized carbons (Fsp3) is 0.818. The van der Waals surface area contributed by atoms with Gasteiger partial charge in [-0.2, -0.15) is 0 Å². The normalized spacial score (nSPS) is 16.9. The standard InChI is InChI=1S/C11H21NO/c1-3-12(9-10-13-2)11-7-5-4-6-8-11/h7H,3-6,8-10H2,1-2H3. The minimum absolute atomic E-state index is 0.838. The summed E-state index contributed by atoms with van der Waals surface area (Å²) < 4.78 is 5.10. The lowest BCUT2D eigenvalue weighted by Gasteiger charge is -2.28. The fourth-order valence-corrected chi connectivity index (χ4v) is 1.81. The van der Waals surface area contributed by atoms with E-state index in [0.717, 1.165) is 19.7 Å². The summed E-state index contributed by atoms with van der Waals surface area (Å²) in [6.45, 7) is 5.20. The zero-order chi connectivity index (χ0) is 9.52. The number of hydrogen-bond acceptors (Lipinski definition) is 2. The Morgan fingerprint density at radius 3 is 2.85 bits per heavy atom. The molecule has 76 valence electrons. The summed E-state index contributed by atoms with van der Waals surface area (Å²) in [6, 6.07) is 0. The number of nitrogens with zero attached hydrogens (tertiary/aromatic N) is 1. The number of ether oxygens (including phenoxy) is 1. The second-order valence-corrected chi connectivity index (χ2v) is 3.51. The van der Waals surface area contributed by atoms with Crippen molar-refractivity contribution in [3.8, 4) is 0 Å². The maximum Gasteiger partial charge on any atom is 0.0637 e. The first-order chi connectivity index (χ1) is 6.38. The molecule has 0 spiro atoms. The van der Waals surface area contributed by atoms with Gasteiger partial charge in [0, 0.05) is 25.9 Å². The van der Waals surface area contributed by atoms with Crippen LogP contribution in [-0.4, -0.2) is 31.7 Å². The molecule has 13 heavy (non-hydrogen) atoms. The molecular formula is C11H21NO. The van der Waals surface area contributed by atoms with E-state index >= 15 is 0 Å². The SMILES string of the molecule is CCN(CCOC)C1=CCCCC1. The molecule has 1 aliphatic rings. The molecule has 1 rings (SSSR count). The van der Waals surface area contributed by atoms with Crippen molar-refractivity contribution in [3.63, 3.8) is 0 Å². The van der Waals surface area contributed by atoms with Crippen LogP contribution in [0.4, 0.5) is 0 Å². The third kappa shape index (κ3) is 3.39. The van der Waals surface area contributed by atoms with Crippen LogP contribution in [0.2, 0.25) is 0 Å². The van der Waals surface area contributed by atoms with Crippen molar-refractivity contribution in [2.24, 2.45) is 0 Å². The van der Waals surface area contributed by atoms with Crippen molar-refractivity contribution in [3.05, 3.63) is 11.8 Å². The van der Waals surface area contributed by atoms with E-state index in [2.05, 4.69) is 17.9 Å². The molecule has 2 heteroatoms. The van der Waals surface area contributed by atoms with Crippen LogP contribution in [0.25, 0.3) is 0 Å². The van der Waals surface area contributed by atoms with Crippen molar-refractivity contribution < 1.29 is 4.74 Å². The van der Waals surface area contributed by atoms with E-state index in [1.807, 2.05) is 0 Å². The lowest BCUT2D eigenvalue weighted by molar-refractivity contribution is 0.163. The zero-order valence-corrected chi connectivity index (χ0v) is 8.88. The molecule has 0 atom stereocenters. The van der Waals surface area contributed by atoms with Gasteiger partial charge in [-0.1, -0.05) is 6.08 Å². The van der Waals surface area contributed by atoms with Gasteiger partial charge in [0.2, 0.25) is 0 Å². The largest absolute Gasteiger partial charge is 0.383 e. The van der Waals surface area contributed by atoms with Gasteiger partial charge >= 0.3 is 0 Å². The summed E-state index contributed by atoms with van der Waals surface area (Å²) in [5, 5.41) is 0. The third-order valence-corrected chi connectivity index (χ3v) is 2.62. The summed E-state index contributed by atoms with van der Waals surface area (Å²) in [5.41, 5.74) is 1.53. The first kappa shape index (κ1) is 10.6. The molecule has 0 saturated carbocycles. The summed E-state index contributed by atoms with van der Waals surface area (Å²) in [6.07, 6.45) is 7.64. The molecule has 0 unspecified atom stereocenters. The van der Waals surface area contributed by atoms with Gasteiger partial charge in [-0.15, -0.1) is 0 Å². The molecule has 2 nitrogen and oxygen atoms in total. The maximum atomic E-state index is 5.10. The van der Waals surface area contributed by atoms with Crippen LogP contribution < -0.4 is 0 Å². The summed E-state index contributed by atoms with van der Waals surface area (Å²) in [4.78, 5) is 2.43. The first-order valence-corrected chi connectivity index (χ1v) is 5.31. The molecule has 1 aliphatic carbocycles. The van der Waals surface area contributed by atoms with E-state index in [-0.39, 0.29) is 0 Å². The van der Waals surface area contributed by atoms with E-state index in [4.69, 9.17) is 4.74 Å². The summed E-state index contributed by atoms with van der Waals surface area (Å²) >= 11 is 0. The summed E-state index contributed by atoms with van der Waals surface area (Å²) in [5.74, 6) is 0. The average molecular weight is 183 g/mol. The minimum atomic E-state index is 0.838. The highest BCUT2D eigenvalue weighted by atomic mass is 16.5. The highest BCUT2D eigenvalue weighted by molar-refractivity contribution is 5.03. The van der Waals surface area contributed by atoms with Gasteiger partial charge in [-0.05, 0) is 32.6 Å². The van der Waals surface area contributed by atoms with Crippen LogP contribution in [-0.2, 0) is 4.74 Å². The highest BCUT2D eigenvalue weighted by Crippen LogP contribution is 2.20. The van der Waals surface area contributed by atoms with Gasteiger partial charge in [0.1, 0.15) is 0 Å². The fourth-order valence-electron chi connectivity index (χ4n) is 1.81. The molecule has 0 aromatic rings. The molecule has 0 heterocycles. The Morgan fingerprint density at radius 1 is 1.46 bits per heavy atom. The molecule has 0 radical (unpaired) electrons. The predicted molar refractivity (Wildman–Crippen MR) is 55.7 cm³/mol. The van der Waals surface area contributed by atoms with Gasteiger partial charge in [-0.3, -0.25) is 0 Å². The Balaban J connectivity index is 2.39. The van der Waals surface area contributed by atoms with Crippen LogP contribution in [0.3, 0.4) is 0 Å². The van der Waals surface area contributed by atoms with Crippen molar-refractivity contribution >= 4 is 0 Å². The van der Waals surface area contributed by atoms with Gasteiger partial charge in [0.15, 0.2) is 0 Å². The number of hydrogen-bond donors (Lipinski definition) is 0. The van der Waals surface area contributed by atoms with Crippen molar-refractivity contribution in [1.82, 2.24) is 4.90 Å². The molecule has 0 aromatic heterocycles. The van der Waals surface area contributed by atoms with Crippen LogP contribution in [0.5, 0.6) is 0 Å². The number of allylic oxidation sites excluding steroid dienone is 2. The van der Waals surface area contributed by atoms with E-state index in [1.165, 1.54) is 31.4 Å². The molecular weight excluding hydrogens is 162 g/mol. The second kappa shape index (κ2) is 6.03. The Morgan fingerprint density at radius 2 is 2.31 bits per heavy atom. The Labute approximate surface area is 81.6 Å². The maximum absolute atomic E-state index is 5.10. The first-order valence-electron chi connectivity index (χ1n) is 5.31. The predicted octanol–water partition coefficient (Wildman–Crippen LogP) is 2.41.